The van der Waals surface area contributed by atoms with Gasteiger partial charge in [-0.2, -0.15) is 4.31 Å². The molecule has 2 unspecified atom stereocenters. The van der Waals surface area contributed by atoms with Crippen molar-refractivity contribution in [1.82, 2.24) is 19.2 Å². The zero-order valence-electron chi connectivity index (χ0n) is 21.2. The van der Waals surface area contributed by atoms with E-state index in [0.717, 1.165) is 22.7 Å². The zero-order valence-corrected chi connectivity index (χ0v) is 22.0. The number of aliphatic hydroxyl groups excluding tert-OH is 2. The largest absolute Gasteiger partial charge is 0.395 e. The molecule has 0 bridgehead atoms. The van der Waals surface area contributed by atoms with Crippen LogP contribution in [0.15, 0.2) is 60.0 Å². The second-order valence-electron chi connectivity index (χ2n) is 9.85. The normalized spacial score (nSPS) is 18.5. The number of aromatic nitrogens is 2. The van der Waals surface area contributed by atoms with Gasteiger partial charge < -0.3 is 20.1 Å². The SMILES string of the molecule is CC(C)C(CO)N(C[C@@H](O)[C@H](Cc1ccccc1)NC(=O)CC1C=CCC1)S(=O)(=O)c1cn(C)cn1. The summed E-state index contributed by atoms with van der Waals surface area (Å²) in [7, 11) is -2.46. The van der Waals surface area contributed by atoms with E-state index in [1.54, 1.807) is 7.05 Å². The first-order valence-corrected chi connectivity index (χ1v) is 13.8. The van der Waals surface area contributed by atoms with Crippen LogP contribution in [-0.4, -0.2) is 69.7 Å². The lowest BCUT2D eigenvalue weighted by atomic mass is 9.98. The Balaban J connectivity index is 1.87. The number of amides is 1. The fourth-order valence-corrected chi connectivity index (χ4v) is 6.26. The van der Waals surface area contributed by atoms with Crippen molar-refractivity contribution in [3.05, 3.63) is 60.6 Å². The molecule has 0 fully saturated rings. The average Bonchev–Trinajstić information content (AvgIpc) is 3.51. The summed E-state index contributed by atoms with van der Waals surface area (Å²) in [5.74, 6) is -0.245. The molecular formula is C26H38N4O5S. The molecule has 1 heterocycles. The monoisotopic (exact) mass is 518 g/mol. The molecule has 2 aromatic rings. The number of nitrogens with zero attached hydrogens (tertiary/aromatic N) is 3. The van der Waals surface area contributed by atoms with Gasteiger partial charge in [0.05, 0.1) is 31.1 Å². The summed E-state index contributed by atoms with van der Waals surface area (Å²) in [4.78, 5) is 16.9. The molecule has 3 rings (SSSR count). The van der Waals surface area contributed by atoms with Gasteiger partial charge in [0.1, 0.15) is 0 Å². The number of carbonyl (C=O) groups is 1. The molecule has 3 N–H and O–H groups in total. The number of sulfonamides is 1. The predicted octanol–water partition coefficient (Wildman–Crippen LogP) is 1.87. The van der Waals surface area contributed by atoms with Gasteiger partial charge in [0.25, 0.3) is 10.0 Å². The van der Waals surface area contributed by atoms with Crippen molar-refractivity contribution in [1.29, 1.82) is 0 Å². The number of allylic oxidation sites excluding steroid dienone is 2. The van der Waals surface area contributed by atoms with Gasteiger partial charge in [-0.25, -0.2) is 13.4 Å². The Morgan fingerprint density at radius 3 is 2.56 bits per heavy atom. The summed E-state index contributed by atoms with van der Waals surface area (Å²) in [5, 5.41) is 24.2. The first-order valence-electron chi connectivity index (χ1n) is 12.4. The van der Waals surface area contributed by atoms with Gasteiger partial charge in [-0.05, 0) is 36.7 Å². The molecule has 9 nitrogen and oxygen atoms in total. The van der Waals surface area contributed by atoms with Gasteiger partial charge in [0.2, 0.25) is 5.91 Å². The summed E-state index contributed by atoms with van der Waals surface area (Å²) in [6.45, 7) is 2.91. The Kier molecular flexibility index (Phi) is 9.84. The van der Waals surface area contributed by atoms with E-state index >= 15 is 0 Å². The fourth-order valence-electron chi connectivity index (χ4n) is 4.52. The highest BCUT2D eigenvalue weighted by Crippen LogP contribution is 2.23. The van der Waals surface area contributed by atoms with E-state index in [1.807, 2.05) is 50.3 Å². The van der Waals surface area contributed by atoms with Crippen LogP contribution in [0.2, 0.25) is 0 Å². The van der Waals surface area contributed by atoms with Crippen molar-refractivity contribution in [2.75, 3.05) is 13.2 Å². The number of benzene rings is 1. The molecular weight excluding hydrogens is 480 g/mol. The van der Waals surface area contributed by atoms with Crippen molar-refractivity contribution in [3.63, 3.8) is 0 Å². The molecule has 0 radical (unpaired) electrons. The quantitative estimate of drug-likeness (QED) is 0.348. The fraction of sp³-hybridized carbons (Fsp3) is 0.538. The van der Waals surface area contributed by atoms with Crippen LogP contribution in [0.1, 0.15) is 38.7 Å². The van der Waals surface area contributed by atoms with Gasteiger partial charge >= 0.3 is 0 Å². The first kappa shape index (κ1) is 28.0. The smallest absolute Gasteiger partial charge is 0.262 e. The average molecular weight is 519 g/mol. The summed E-state index contributed by atoms with van der Waals surface area (Å²) >= 11 is 0. The van der Waals surface area contributed by atoms with E-state index in [1.165, 1.54) is 17.1 Å². The molecule has 0 saturated carbocycles. The Labute approximate surface area is 213 Å². The third-order valence-corrected chi connectivity index (χ3v) is 8.39. The molecule has 4 atom stereocenters. The van der Waals surface area contributed by atoms with E-state index in [-0.39, 0.29) is 29.3 Å². The maximum absolute atomic E-state index is 13.6. The number of aliphatic hydroxyl groups is 2. The van der Waals surface area contributed by atoms with Crippen molar-refractivity contribution in [3.8, 4) is 0 Å². The number of aryl methyl sites for hydroxylation is 1. The second-order valence-corrected chi connectivity index (χ2v) is 11.7. The minimum absolute atomic E-state index is 0.159. The number of rotatable bonds is 13. The van der Waals surface area contributed by atoms with Gasteiger partial charge in [-0.15, -0.1) is 0 Å². The van der Waals surface area contributed by atoms with Crippen molar-refractivity contribution in [2.24, 2.45) is 18.9 Å². The van der Waals surface area contributed by atoms with Crippen molar-refractivity contribution in [2.45, 2.75) is 62.7 Å². The van der Waals surface area contributed by atoms with E-state index in [9.17, 15) is 23.4 Å². The molecule has 0 spiro atoms. The van der Waals surface area contributed by atoms with Crippen LogP contribution < -0.4 is 5.32 Å². The van der Waals surface area contributed by atoms with Gasteiger partial charge in [-0.3, -0.25) is 4.79 Å². The van der Waals surface area contributed by atoms with Crippen molar-refractivity contribution < 1.29 is 23.4 Å². The van der Waals surface area contributed by atoms with Gasteiger partial charge in [0.15, 0.2) is 5.03 Å². The van der Waals surface area contributed by atoms with E-state index in [2.05, 4.69) is 16.4 Å². The molecule has 0 aliphatic heterocycles. The first-order chi connectivity index (χ1) is 17.1. The summed E-state index contributed by atoms with van der Waals surface area (Å²) < 4.78 is 29.8. The van der Waals surface area contributed by atoms with E-state index < -0.39 is 34.8 Å². The van der Waals surface area contributed by atoms with Gasteiger partial charge in [-0.1, -0.05) is 56.3 Å². The molecule has 0 saturated heterocycles. The zero-order chi connectivity index (χ0) is 26.3. The summed E-state index contributed by atoms with van der Waals surface area (Å²) in [5.41, 5.74) is 0.907. The molecule has 1 aromatic carbocycles. The Hall–Kier alpha value is -2.53. The Bertz CT molecular complexity index is 1120. The maximum Gasteiger partial charge on any atom is 0.262 e. The Morgan fingerprint density at radius 1 is 1.28 bits per heavy atom. The van der Waals surface area contributed by atoms with Crippen LogP contribution in [0.3, 0.4) is 0 Å². The lowest BCUT2D eigenvalue weighted by Crippen LogP contribution is -2.54. The highest BCUT2D eigenvalue weighted by atomic mass is 32.2. The van der Waals surface area contributed by atoms with Gasteiger partial charge in [0, 0.05) is 26.2 Å². The standard InChI is InChI=1S/C26H38N4O5S/c1-19(2)23(17-31)30(36(34,35)26-16-29(3)18-27-26)15-24(32)22(13-20-9-5-4-6-10-20)28-25(33)14-21-11-7-8-12-21/h4-7,9-11,16,18-19,21-24,31-32H,8,12-15,17H2,1-3H3,(H,28,33)/t21?,22-,23?,24+/m0/s1. The minimum atomic E-state index is -4.13. The molecule has 36 heavy (non-hydrogen) atoms. The number of imidazole rings is 1. The predicted molar refractivity (Wildman–Crippen MR) is 137 cm³/mol. The van der Waals surface area contributed by atoms with E-state index in [0.29, 0.717) is 12.8 Å². The lowest BCUT2D eigenvalue weighted by molar-refractivity contribution is -0.123. The molecule has 1 amide bonds. The van der Waals surface area contributed by atoms with Crippen LogP contribution in [0.5, 0.6) is 0 Å². The van der Waals surface area contributed by atoms with E-state index in [4.69, 9.17) is 0 Å². The van der Waals surface area contributed by atoms with Crippen LogP contribution in [0.4, 0.5) is 0 Å². The van der Waals surface area contributed by atoms with Crippen LogP contribution in [0.25, 0.3) is 0 Å². The molecule has 1 aromatic heterocycles. The number of hydrogen-bond acceptors (Lipinski definition) is 6. The molecule has 1 aliphatic rings. The lowest BCUT2D eigenvalue weighted by Gasteiger charge is -2.35. The third kappa shape index (κ3) is 7.25. The van der Waals surface area contributed by atoms with Crippen LogP contribution >= 0.6 is 0 Å². The van der Waals surface area contributed by atoms with Crippen LogP contribution in [0, 0.1) is 11.8 Å². The maximum atomic E-state index is 13.6. The minimum Gasteiger partial charge on any atom is -0.395 e. The highest BCUT2D eigenvalue weighted by molar-refractivity contribution is 7.89. The third-order valence-electron chi connectivity index (χ3n) is 6.62. The van der Waals surface area contributed by atoms with Crippen molar-refractivity contribution >= 4 is 15.9 Å². The highest BCUT2D eigenvalue weighted by Gasteiger charge is 2.37. The molecule has 198 valence electrons. The summed E-state index contributed by atoms with van der Waals surface area (Å²) in [6.07, 6.45) is 8.18. The second kappa shape index (κ2) is 12.6. The molecule has 1 aliphatic carbocycles. The Morgan fingerprint density at radius 2 is 2.00 bits per heavy atom. The topological polar surface area (TPSA) is 125 Å². The number of carbonyl (C=O) groups excluding carboxylic acids is 1. The number of hydrogen-bond donors (Lipinski definition) is 3. The number of nitrogens with one attached hydrogen (secondary N) is 1. The summed E-state index contributed by atoms with van der Waals surface area (Å²) in [6, 6.07) is 7.94. The molecule has 10 heteroatoms. The van der Waals surface area contributed by atoms with Crippen LogP contribution in [-0.2, 0) is 28.3 Å².